The lowest BCUT2D eigenvalue weighted by molar-refractivity contribution is -0.123. The lowest BCUT2D eigenvalue weighted by atomic mass is 9.62. The number of hydrogen-bond donors (Lipinski definition) is 1. The molecule has 2 aliphatic carbocycles. The van der Waals surface area contributed by atoms with E-state index in [0.29, 0.717) is 11.6 Å². The van der Waals surface area contributed by atoms with Gasteiger partial charge in [0.2, 0.25) is 11.8 Å². The molecule has 1 aliphatic heterocycles. The molecule has 0 unspecified atom stereocenters. The van der Waals surface area contributed by atoms with Crippen molar-refractivity contribution in [1.82, 2.24) is 4.98 Å². The zero-order valence-corrected chi connectivity index (χ0v) is 17.0. The van der Waals surface area contributed by atoms with E-state index in [-0.39, 0.29) is 29.6 Å². The van der Waals surface area contributed by atoms with Crippen LogP contribution in [-0.2, 0) is 9.59 Å². The van der Waals surface area contributed by atoms with E-state index in [0.717, 1.165) is 30.5 Å². The number of aromatic nitrogens is 1. The van der Waals surface area contributed by atoms with E-state index in [9.17, 15) is 9.59 Å². The molecule has 2 heterocycles. The number of carbonyl (C=O) groups excluding carboxylic acids is 2. The topological polar surface area (TPSA) is 53.2 Å². The third-order valence-corrected chi connectivity index (χ3v) is 7.60. The summed E-state index contributed by atoms with van der Waals surface area (Å²) in [5, 5.41) is 1.24. The highest BCUT2D eigenvalue weighted by Crippen LogP contribution is 2.56. The van der Waals surface area contributed by atoms with E-state index in [1.54, 1.807) is 0 Å². The van der Waals surface area contributed by atoms with Gasteiger partial charge >= 0.3 is 0 Å². The second-order valence-corrected chi connectivity index (χ2v) is 9.11. The fraction of sp³-hybridized carbons (Fsp3) is 0.385. The van der Waals surface area contributed by atoms with Gasteiger partial charge in [-0.05, 0) is 48.4 Å². The van der Waals surface area contributed by atoms with Crippen LogP contribution < -0.4 is 4.90 Å². The predicted octanol–water partition coefficient (Wildman–Crippen LogP) is 5.51. The Labute approximate surface area is 176 Å². The van der Waals surface area contributed by atoms with E-state index < -0.39 is 0 Å². The number of benzene rings is 2. The monoisotopic (exact) mass is 398 g/mol. The standard InChI is InChI=1S/C26H26N2O2/c29-25-22-18-13-7-2-1-6-12-17(18)21-19-14-8-9-15-20(19)27-24(21)23(22)26(30)28(25)16-10-4-3-5-11-16/h3-5,8-11,14-15,17-18,22-23,27H,1-2,6-7,12-13H2/t17-,18+,22+,23+/m1/s1. The summed E-state index contributed by atoms with van der Waals surface area (Å²) in [5.74, 6) is -0.111. The van der Waals surface area contributed by atoms with Crippen LogP contribution in [0.25, 0.3) is 10.9 Å². The van der Waals surface area contributed by atoms with Gasteiger partial charge in [0.25, 0.3) is 0 Å². The SMILES string of the molecule is O=C1[C@H]2[C@H]3CCCCCC[C@H]3c3c([nH]c4ccccc34)[C@H]2C(=O)N1c1ccccc1. The van der Waals surface area contributed by atoms with Gasteiger partial charge in [-0.1, -0.05) is 62.1 Å². The fourth-order valence-electron chi connectivity index (χ4n) is 6.39. The number of aromatic amines is 1. The number of H-pyrrole nitrogens is 1. The Morgan fingerprint density at radius 3 is 2.37 bits per heavy atom. The third kappa shape index (κ3) is 2.46. The van der Waals surface area contributed by atoms with Crippen LogP contribution in [0.3, 0.4) is 0 Å². The van der Waals surface area contributed by atoms with Crippen LogP contribution in [-0.4, -0.2) is 16.8 Å². The van der Waals surface area contributed by atoms with E-state index in [4.69, 9.17) is 0 Å². The van der Waals surface area contributed by atoms with Crippen LogP contribution in [0.15, 0.2) is 54.6 Å². The first kappa shape index (κ1) is 17.9. The second kappa shape index (κ2) is 6.83. The molecule has 152 valence electrons. The summed E-state index contributed by atoms with van der Waals surface area (Å²) in [4.78, 5) is 32.5. The fourth-order valence-corrected chi connectivity index (χ4v) is 6.39. The summed E-state index contributed by atoms with van der Waals surface area (Å²) in [6.45, 7) is 0. The summed E-state index contributed by atoms with van der Waals surface area (Å²) >= 11 is 0. The van der Waals surface area contributed by atoms with Crippen LogP contribution in [0.2, 0.25) is 0 Å². The number of fused-ring (bicyclic) bond motifs is 8. The van der Waals surface area contributed by atoms with Gasteiger partial charge in [-0.15, -0.1) is 0 Å². The molecule has 4 heteroatoms. The zero-order chi connectivity index (χ0) is 20.2. The summed E-state index contributed by atoms with van der Waals surface area (Å²) in [5.41, 5.74) is 4.10. The molecule has 2 aromatic carbocycles. The highest BCUT2D eigenvalue weighted by Gasteiger charge is 2.58. The van der Waals surface area contributed by atoms with Crippen LogP contribution in [0, 0.1) is 11.8 Å². The molecule has 6 rings (SSSR count). The number of rotatable bonds is 1. The van der Waals surface area contributed by atoms with Gasteiger partial charge in [-0.25, -0.2) is 4.90 Å². The molecule has 1 saturated carbocycles. The number of hydrogen-bond acceptors (Lipinski definition) is 2. The van der Waals surface area contributed by atoms with Gasteiger partial charge in [0.15, 0.2) is 0 Å². The molecule has 1 aromatic heterocycles. The van der Waals surface area contributed by atoms with Gasteiger partial charge < -0.3 is 4.98 Å². The first-order chi connectivity index (χ1) is 14.8. The Hall–Kier alpha value is -2.88. The van der Waals surface area contributed by atoms with Crippen molar-refractivity contribution < 1.29 is 9.59 Å². The summed E-state index contributed by atoms with van der Waals surface area (Å²) in [7, 11) is 0. The molecule has 1 N–H and O–H groups in total. The maximum atomic E-state index is 13.7. The third-order valence-electron chi connectivity index (χ3n) is 7.60. The smallest absolute Gasteiger partial charge is 0.243 e. The van der Waals surface area contributed by atoms with Crippen LogP contribution in [0.1, 0.15) is 61.6 Å². The number of amides is 2. The Morgan fingerprint density at radius 2 is 1.53 bits per heavy atom. The van der Waals surface area contributed by atoms with Crippen molar-refractivity contribution in [3.05, 3.63) is 65.9 Å². The van der Waals surface area contributed by atoms with Crippen molar-refractivity contribution >= 4 is 28.4 Å². The molecule has 2 fully saturated rings. The highest BCUT2D eigenvalue weighted by atomic mass is 16.2. The minimum Gasteiger partial charge on any atom is -0.357 e. The minimum atomic E-state index is -0.388. The van der Waals surface area contributed by atoms with Crippen molar-refractivity contribution in [1.29, 1.82) is 0 Å². The van der Waals surface area contributed by atoms with Crippen molar-refractivity contribution in [2.75, 3.05) is 4.90 Å². The number of anilines is 1. The largest absolute Gasteiger partial charge is 0.357 e. The molecule has 0 radical (unpaired) electrons. The quantitative estimate of drug-likeness (QED) is 0.550. The molecule has 3 aliphatic rings. The van der Waals surface area contributed by atoms with E-state index >= 15 is 0 Å². The van der Waals surface area contributed by atoms with Crippen molar-refractivity contribution in [3.8, 4) is 0 Å². The zero-order valence-electron chi connectivity index (χ0n) is 17.0. The molecule has 30 heavy (non-hydrogen) atoms. The van der Waals surface area contributed by atoms with Crippen molar-refractivity contribution in [3.63, 3.8) is 0 Å². The van der Waals surface area contributed by atoms with E-state index in [1.165, 1.54) is 35.1 Å². The molecule has 4 nitrogen and oxygen atoms in total. The number of imide groups is 1. The number of nitrogens with zero attached hydrogens (tertiary/aromatic N) is 1. The number of para-hydroxylation sites is 2. The van der Waals surface area contributed by atoms with Crippen LogP contribution in [0.4, 0.5) is 5.69 Å². The molecule has 0 bridgehead atoms. The van der Waals surface area contributed by atoms with E-state index in [1.807, 2.05) is 36.4 Å². The number of nitrogens with one attached hydrogen (secondary N) is 1. The van der Waals surface area contributed by atoms with Crippen LogP contribution >= 0.6 is 0 Å². The van der Waals surface area contributed by atoms with Crippen LogP contribution in [0.5, 0.6) is 0 Å². The molecule has 4 atom stereocenters. The van der Waals surface area contributed by atoms with Crippen molar-refractivity contribution in [2.24, 2.45) is 11.8 Å². The normalized spacial score (nSPS) is 28.6. The lowest BCUT2D eigenvalue weighted by Crippen LogP contribution is -2.36. The van der Waals surface area contributed by atoms with Gasteiger partial charge in [0.1, 0.15) is 0 Å². The average molecular weight is 399 g/mol. The lowest BCUT2D eigenvalue weighted by Gasteiger charge is -2.39. The minimum absolute atomic E-state index is 0.00363. The predicted molar refractivity (Wildman–Crippen MR) is 117 cm³/mol. The Kier molecular flexibility index (Phi) is 4.08. The summed E-state index contributed by atoms with van der Waals surface area (Å²) < 4.78 is 0. The molecule has 0 spiro atoms. The summed E-state index contributed by atoms with van der Waals surface area (Å²) in [6.07, 6.45) is 6.97. The Balaban J connectivity index is 1.56. The maximum Gasteiger partial charge on any atom is 0.243 e. The van der Waals surface area contributed by atoms with Gasteiger partial charge in [0, 0.05) is 16.6 Å². The van der Waals surface area contributed by atoms with E-state index in [2.05, 4.69) is 23.2 Å². The second-order valence-electron chi connectivity index (χ2n) is 9.11. The average Bonchev–Trinajstić information content (AvgIpc) is 3.24. The first-order valence-electron chi connectivity index (χ1n) is 11.3. The molecular formula is C26H26N2O2. The number of carbonyl (C=O) groups is 2. The molecule has 1 saturated heterocycles. The van der Waals surface area contributed by atoms with Gasteiger partial charge in [-0.2, -0.15) is 0 Å². The Morgan fingerprint density at radius 1 is 0.800 bits per heavy atom. The van der Waals surface area contributed by atoms with Gasteiger partial charge in [0.05, 0.1) is 17.5 Å². The maximum absolute atomic E-state index is 13.7. The molecular weight excluding hydrogens is 372 g/mol. The van der Waals surface area contributed by atoms with Crippen molar-refractivity contribution in [2.45, 2.75) is 50.4 Å². The van der Waals surface area contributed by atoms with Gasteiger partial charge in [-0.3, -0.25) is 9.59 Å². The Bertz CT molecular complexity index is 1130. The molecule has 2 amide bonds. The highest BCUT2D eigenvalue weighted by molar-refractivity contribution is 6.24. The molecule has 3 aromatic rings. The summed E-state index contributed by atoms with van der Waals surface area (Å²) in [6, 6.07) is 17.8. The first-order valence-corrected chi connectivity index (χ1v) is 11.3.